The van der Waals surface area contributed by atoms with Gasteiger partial charge in [0.2, 0.25) is 5.91 Å². The predicted molar refractivity (Wildman–Crippen MR) is 99.4 cm³/mol. The summed E-state index contributed by atoms with van der Waals surface area (Å²) in [6.45, 7) is 4.09. The van der Waals surface area contributed by atoms with Crippen LogP contribution in [0.1, 0.15) is 18.9 Å². The fraction of sp³-hybridized carbons (Fsp3) is 0.222. The second-order valence-corrected chi connectivity index (χ2v) is 7.61. The first-order chi connectivity index (χ1) is 11.2. The van der Waals surface area contributed by atoms with Crippen molar-refractivity contribution in [2.24, 2.45) is 0 Å². The average Bonchev–Trinajstić information content (AvgIpc) is 2.94. The van der Waals surface area contributed by atoms with Gasteiger partial charge in [0.1, 0.15) is 0 Å². The van der Waals surface area contributed by atoms with Crippen molar-refractivity contribution in [3.63, 3.8) is 0 Å². The van der Waals surface area contributed by atoms with Crippen LogP contribution in [0.25, 0.3) is 10.2 Å². The van der Waals surface area contributed by atoms with Crippen LogP contribution < -0.4 is 5.32 Å². The molecule has 1 heterocycles. The molecule has 2 aromatic carbocycles. The van der Waals surface area contributed by atoms with Crippen molar-refractivity contribution in [1.29, 1.82) is 0 Å². The first kappa shape index (κ1) is 16.0. The third-order valence-corrected chi connectivity index (χ3v) is 5.77. The second kappa shape index (κ2) is 7.15. The van der Waals surface area contributed by atoms with Crippen LogP contribution >= 0.6 is 23.1 Å². The molecule has 23 heavy (non-hydrogen) atoms. The number of fused-ring (bicyclic) bond motifs is 1. The van der Waals surface area contributed by atoms with E-state index in [9.17, 15) is 4.79 Å². The van der Waals surface area contributed by atoms with Gasteiger partial charge in [-0.15, -0.1) is 11.8 Å². The van der Waals surface area contributed by atoms with Crippen LogP contribution in [0, 0.1) is 6.92 Å². The van der Waals surface area contributed by atoms with E-state index in [2.05, 4.69) is 23.3 Å². The lowest BCUT2D eigenvalue weighted by Crippen LogP contribution is -2.24. The number of hydrogen-bond donors (Lipinski definition) is 1. The Labute approximate surface area is 144 Å². The van der Waals surface area contributed by atoms with Crippen LogP contribution in [0.3, 0.4) is 0 Å². The quantitative estimate of drug-likeness (QED) is 0.655. The highest BCUT2D eigenvalue weighted by Crippen LogP contribution is 2.29. The Bertz CT molecular complexity index is 814. The van der Waals surface area contributed by atoms with Gasteiger partial charge >= 0.3 is 0 Å². The van der Waals surface area contributed by atoms with Crippen LogP contribution in [0.4, 0.5) is 5.13 Å². The zero-order valence-electron chi connectivity index (χ0n) is 13.1. The third kappa shape index (κ3) is 3.92. The molecule has 0 radical (unpaired) electrons. The van der Waals surface area contributed by atoms with Crippen molar-refractivity contribution >= 4 is 44.4 Å². The number of thiazole rings is 1. The maximum Gasteiger partial charge on any atom is 0.239 e. The first-order valence-corrected chi connectivity index (χ1v) is 9.25. The van der Waals surface area contributed by atoms with Gasteiger partial charge in [0.25, 0.3) is 0 Å². The van der Waals surface area contributed by atoms with E-state index in [0.29, 0.717) is 5.13 Å². The Morgan fingerprint density at radius 3 is 2.78 bits per heavy atom. The molecule has 0 aliphatic rings. The maximum absolute atomic E-state index is 12.5. The minimum Gasteiger partial charge on any atom is -0.301 e. The summed E-state index contributed by atoms with van der Waals surface area (Å²) in [5.41, 5.74) is 2.13. The zero-order chi connectivity index (χ0) is 16.2. The first-order valence-electron chi connectivity index (χ1n) is 7.55. The SMILES string of the molecule is CCC(Sc1ccccc1)C(=O)Nc1nc2ccc(C)cc2s1. The number of aryl methyl sites for hydroxylation is 1. The topological polar surface area (TPSA) is 42.0 Å². The second-order valence-electron chi connectivity index (χ2n) is 5.31. The van der Waals surface area contributed by atoms with Gasteiger partial charge in [-0.2, -0.15) is 0 Å². The standard InChI is InChI=1S/C18H18N2OS2/c1-3-15(22-13-7-5-4-6-8-13)17(21)20-18-19-14-10-9-12(2)11-16(14)23-18/h4-11,15H,3H2,1-2H3,(H,19,20,21). The van der Waals surface area contributed by atoms with E-state index in [1.807, 2.05) is 49.4 Å². The fourth-order valence-corrected chi connectivity index (χ4v) is 4.20. The molecule has 0 aliphatic heterocycles. The molecule has 1 N–H and O–H groups in total. The molecule has 0 spiro atoms. The highest BCUT2D eigenvalue weighted by atomic mass is 32.2. The number of nitrogens with one attached hydrogen (secondary N) is 1. The zero-order valence-corrected chi connectivity index (χ0v) is 14.7. The Hall–Kier alpha value is -1.85. The molecule has 5 heteroatoms. The van der Waals surface area contributed by atoms with Gasteiger partial charge in [-0.05, 0) is 43.2 Å². The number of anilines is 1. The number of amides is 1. The number of aromatic nitrogens is 1. The Kier molecular flexibility index (Phi) is 4.98. The minimum atomic E-state index is -0.119. The molecule has 3 nitrogen and oxygen atoms in total. The summed E-state index contributed by atoms with van der Waals surface area (Å²) in [7, 11) is 0. The molecular formula is C18H18N2OS2. The van der Waals surface area contributed by atoms with Gasteiger partial charge in [0.15, 0.2) is 5.13 Å². The van der Waals surface area contributed by atoms with Crippen LogP contribution in [0.2, 0.25) is 0 Å². The molecular weight excluding hydrogens is 324 g/mol. The molecule has 0 aliphatic carbocycles. The highest BCUT2D eigenvalue weighted by Gasteiger charge is 2.19. The van der Waals surface area contributed by atoms with E-state index >= 15 is 0 Å². The van der Waals surface area contributed by atoms with Gasteiger partial charge in [0.05, 0.1) is 15.5 Å². The van der Waals surface area contributed by atoms with E-state index < -0.39 is 0 Å². The molecule has 3 rings (SSSR count). The number of nitrogens with zero attached hydrogens (tertiary/aromatic N) is 1. The summed E-state index contributed by atoms with van der Waals surface area (Å²) in [5.74, 6) is 0.0112. The number of thioether (sulfide) groups is 1. The average molecular weight is 342 g/mol. The maximum atomic E-state index is 12.5. The largest absolute Gasteiger partial charge is 0.301 e. The van der Waals surface area contributed by atoms with Crippen molar-refractivity contribution in [1.82, 2.24) is 4.98 Å². The molecule has 1 aromatic heterocycles. The third-order valence-electron chi connectivity index (χ3n) is 3.46. The molecule has 1 amide bonds. The summed E-state index contributed by atoms with van der Waals surface area (Å²) in [4.78, 5) is 18.1. The molecule has 0 fully saturated rings. The van der Waals surface area contributed by atoms with Crippen LogP contribution in [0.5, 0.6) is 0 Å². The van der Waals surface area contributed by atoms with E-state index in [-0.39, 0.29) is 11.2 Å². The van der Waals surface area contributed by atoms with Gasteiger partial charge in [0, 0.05) is 4.90 Å². The fourth-order valence-electron chi connectivity index (χ4n) is 2.26. The van der Waals surface area contributed by atoms with Gasteiger partial charge in [-0.1, -0.05) is 42.5 Å². The molecule has 3 aromatic rings. The Morgan fingerprint density at radius 1 is 1.26 bits per heavy atom. The Morgan fingerprint density at radius 2 is 2.04 bits per heavy atom. The summed E-state index contributed by atoms with van der Waals surface area (Å²) in [5, 5.41) is 3.52. The van der Waals surface area contributed by atoms with Crippen molar-refractivity contribution in [2.75, 3.05) is 5.32 Å². The summed E-state index contributed by atoms with van der Waals surface area (Å²) >= 11 is 3.11. The lowest BCUT2D eigenvalue weighted by atomic mass is 10.2. The number of carbonyl (C=O) groups is 1. The minimum absolute atomic E-state index is 0.0112. The van der Waals surface area contributed by atoms with Crippen molar-refractivity contribution in [3.8, 4) is 0 Å². The molecule has 1 atom stereocenters. The van der Waals surface area contributed by atoms with Crippen molar-refractivity contribution < 1.29 is 4.79 Å². The molecule has 118 valence electrons. The molecule has 0 bridgehead atoms. The normalized spacial score (nSPS) is 12.3. The highest BCUT2D eigenvalue weighted by molar-refractivity contribution is 8.00. The van der Waals surface area contributed by atoms with Crippen molar-refractivity contribution in [3.05, 3.63) is 54.1 Å². The summed E-state index contributed by atoms with van der Waals surface area (Å²) < 4.78 is 1.10. The van der Waals surface area contributed by atoms with Crippen molar-refractivity contribution in [2.45, 2.75) is 30.4 Å². The summed E-state index contributed by atoms with van der Waals surface area (Å²) in [6.07, 6.45) is 0.773. The van der Waals surface area contributed by atoms with Crippen LogP contribution in [-0.4, -0.2) is 16.1 Å². The van der Waals surface area contributed by atoms with E-state index in [1.165, 1.54) is 16.9 Å². The molecule has 0 saturated carbocycles. The predicted octanol–water partition coefficient (Wildman–Crippen LogP) is 5.11. The lowest BCUT2D eigenvalue weighted by molar-refractivity contribution is -0.115. The van der Waals surface area contributed by atoms with E-state index in [4.69, 9.17) is 0 Å². The van der Waals surface area contributed by atoms with E-state index in [1.54, 1.807) is 11.8 Å². The van der Waals surface area contributed by atoms with Crippen LogP contribution in [-0.2, 0) is 4.79 Å². The van der Waals surface area contributed by atoms with Gasteiger partial charge in [-0.25, -0.2) is 4.98 Å². The van der Waals surface area contributed by atoms with Crippen LogP contribution in [0.15, 0.2) is 53.4 Å². The molecule has 0 saturated heterocycles. The number of carbonyl (C=O) groups excluding carboxylic acids is 1. The number of hydrogen-bond acceptors (Lipinski definition) is 4. The van der Waals surface area contributed by atoms with E-state index in [0.717, 1.165) is 21.5 Å². The van der Waals surface area contributed by atoms with Gasteiger partial charge in [-0.3, -0.25) is 4.79 Å². The lowest BCUT2D eigenvalue weighted by Gasteiger charge is -2.13. The number of benzene rings is 2. The number of rotatable bonds is 5. The summed E-state index contributed by atoms with van der Waals surface area (Å²) in [6, 6.07) is 16.1. The smallest absolute Gasteiger partial charge is 0.239 e. The monoisotopic (exact) mass is 342 g/mol. The van der Waals surface area contributed by atoms with Gasteiger partial charge < -0.3 is 5.32 Å². The molecule has 1 unspecified atom stereocenters. The Balaban J connectivity index is 1.73.